The van der Waals surface area contributed by atoms with Crippen molar-refractivity contribution in [3.63, 3.8) is 0 Å². The molecule has 34 heavy (non-hydrogen) atoms. The molecule has 3 aliphatic rings. The van der Waals surface area contributed by atoms with Crippen LogP contribution in [0, 0.1) is 0 Å². The van der Waals surface area contributed by atoms with Crippen LogP contribution < -0.4 is 10.1 Å². The number of ether oxygens (including phenoxy) is 2. The molecule has 14 heteroatoms. The highest BCUT2D eigenvalue weighted by Gasteiger charge is 2.53. The number of hydrogen-bond acceptors (Lipinski definition) is 7. The smallest absolute Gasteiger partial charge is 0.422 e. The highest BCUT2D eigenvalue weighted by atomic mass is 32.2. The number of carbonyl (C=O) groups excluding carboxylic acids is 2. The van der Waals surface area contributed by atoms with Gasteiger partial charge in [-0.2, -0.15) is 17.5 Å². The van der Waals surface area contributed by atoms with Crippen molar-refractivity contribution in [3.05, 3.63) is 18.2 Å². The molecule has 0 aliphatic carbocycles. The fraction of sp³-hybridized carbons (Fsp3) is 0.600. The van der Waals surface area contributed by atoms with Crippen LogP contribution >= 0.6 is 11.8 Å². The Morgan fingerprint density at radius 3 is 2.71 bits per heavy atom. The number of carbonyl (C=O) groups is 2. The number of rotatable bonds is 6. The number of anilines is 1. The first kappa shape index (κ1) is 25.1. The molecule has 3 aliphatic heterocycles. The van der Waals surface area contributed by atoms with Gasteiger partial charge in [-0.25, -0.2) is 8.42 Å². The van der Waals surface area contributed by atoms with E-state index in [0.29, 0.717) is 18.6 Å². The summed E-state index contributed by atoms with van der Waals surface area (Å²) in [7, 11) is -3.98. The van der Waals surface area contributed by atoms with Crippen LogP contribution in [-0.2, 0) is 24.3 Å². The van der Waals surface area contributed by atoms with Gasteiger partial charge < -0.3 is 19.7 Å². The van der Waals surface area contributed by atoms with Crippen LogP contribution in [0.3, 0.4) is 0 Å². The molecule has 0 radical (unpaired) electrons. The summed E-state index contributed by atoms with van der Waals surface area (Å²) < 4.78 is 75.5. The lowest BCUT2D eigenvalue weighted by Crippen LogP contribution is -2.48. The van der Waals surface area contributed by atoms with Crippen molar-refractivity contribution in [2.24, 2.45) is 0 Å². The Kier molecular flexibility index (Phi) is 6.79. The molecular formula is C20H24F3N3O6S2. The standard InChI is InChI=1S/C20H24F3N3O6S2/c1-19-5-4-17(27)26(19)15(11-33-19)18(28)24-14-10-13(2-3-16(14)32-12-20(21,22)23)34(29,30)25-6-8-31-9-7-25/h2-3,10,15H,4-9,11-12H2,1H3,(H,24,28)/t15-,19-/m1/s1. The molecule has 3 heterocycles. The van der Waals surface area contributed by atoms with Crippen molar-refractivity contribution in [1.29, 1.82) is 0 Å². The van der Waals surface area contributed by atoms with Crippen LogP contribution in [0.5, 0.6) is 5.75 Å². The third-order valence-electron chi connectivity index (χ3n) is 5.96. The van der Waals surface area contributed by atoms with Crippen molar-refractivity contribution < 1.29 is 40.7 Å². The van der Waals surface area contributed by atoms with Crippen LogP contribution in [0.15, 0.2) is 23.1 Å². The summed E-state index contributed by atoms with van der Waals surface area (Å²) >= 11 is 1.46. The Morgan fingerprint density at radius 2 is 2.03 bits per heavy atom. The number of nitrogens with one attached hydrogen (secondary N) is 1. The minimum atomic E-state index is -4.63. The van der Waals surface area contributed by atoms with Crippen molar-refractivity contribution in [2.75, 3.05) is 44.0 Å². The first-order valence-electron chi connectivity index (χ1n) is 10.6. The fourth-order valence-corrected chi connectivity index (χ4v) is 7.09. The number of halogens is 3. The maximum Gasteiger partial charge on any atom is 0.422 e. The second-order valence-corrected chi connectivity index (χ2v) is 11.8. The Labute approximate surface area is 199 Å². The second kappa shape index (κ2) is 9.21. The summed E-state index contributed by atoms with van der Waals surface area (Å²) in [6.45, 7) is 0.947. The molecule has 0 unspecified atom stereocenters. The van der Waals surface area contributed by atoms with Crippen LogP contribution in [-0.4, -0.2) is 85.2 Å². The molecule has 1 N–H and O–H groups in total. The fourth-order valence-electron chi connectivity index (χ4n) is 4.22. The molecule has 0 aromatic heterocycles. The van der Waals surface area contributed by atoms with Gasteiger partial charge in [-0.1, -0.05) is 0 Å². The molecule has 4 rings (SSSR count). The summed E-state index contributed by atoms with van der Waals surface area (Å²) in [5.74, 6) is -0.805. The first-order chi connectivity index (χ1) is 15.9. The van der Waals surface area contributed by atoms with Crippen LogP contribution in [0.25, 0.3) is 0 Å². The number of nitrogens with zero attached hydrogens (tertiary/aromatic N) is 2. The number of sulfonamides is 1. The SMILES string of the molecule is C[C@@]12CCC(=O)N1[C@@H](C(=O)Nc1cc(S(=O)(=O)N3CCOCC3)ccc1OCC(F)(F)F)CS2. The van der Waals surface area contributed by atoms with Gasteiger partial charge in [0.15, 0.2) is 6.61 Å². The summed E-state index contributed by atoms with van der Waals surface area (Å²) in [5, 5.41) is 2.51. The highest BCUT2D eigenvalue weighted by Crippen LogP contribution is 2.47. The molecule has 0 saturated carbocycles. The van der Waals surface area contributed by atoms with Gasteiger partial charge in [0.05, 0.1) is 28.7 Å². The van der Waals surface area contributed by atoms with Gasteiger partial charge in [0, 0.05) is 25.3 Å². The van der Waals surface area contributed by atoms with Gasteiger partial charge in [0.1, 0.15) is 11.8 Å². The molecule has 188 valence electrons. The van der Waals surface area contributed by atoms with Gasteiger partial charge in [0.25, 0.3) is 0 Å². The van der Waals surface area contributed by atoms with Gasteiger partial charge >= 0.3 is 6.18 Å². The number of thioether (sulfide) groups is 1. The number of hydrogen-bond donors (Lipinski definition) is 1. The van der Waals surface area contributed by atoms with Crippen LogP contribution in [0.2, 0.25) is 0 Å². The molecule has 0 spiro atoms. The minimum Gasteiger partial charge on any atom is -0.482 e. The summed E-state index contributed by atoms with van der Waals surface area (Å²) in [5.41, 5.74) is -0.214. The van der Waals surface area contributed by atoms with E-state index in [9.17, 15) is 31.2 Å². The van der Waals surface area contributed by atoms with E-state index >= 15 is 0 Å². The average Bonchev–Trinajstić information content (AvgIpc) is 3.28. The maximum atomic E-state index is 13.1. The summed E-state index contributed by atoms with van der Waals surface area (Å²) in [6, 6.07) is 2.48. The van der Waals surface area contributed by atoms with Crippen molar-refractivity contribution in [1.82, 2.24) is 9.21 Å². The number of amides is 2. The second-order valence-electron chi connectivity index (χ2n) is 8.33. The minimum absolute atomic E-state index is 0.130. The monoisotopic (exact) mass is 523 g/mol. The van der Waals surface area contributed by atoms with E-state index in [1.165, 1.54) is 21.0 Å². The molecule has 2 atom stereocenters. The predicted octanol–water partition coefficient (Wildman–Crippen LogP) is 2.04. The molecule has 9 nitrogen and oxygen atoms in total. The molecule has 0 bridgehead atoms. The Hall–Kier alpha value is -2.03. The quantitative estimate of drug-likeness (QED) is 0.609. The normalized spacial score (nSPS) is 25.9. The van der Waals surface area contributed by atoms with E-state index in [-0.39, 0.29) is 48.5 Å². The third-order valence-corrected chi connectivity index (χ3v) is 9.36. The first-order valence-corrected chi connectivity index (χ1v) is 13.0. The van der Waals surface area contributed by atoms with Crippen molar-refractivity contribution in [3.8, 4) is 5.75 Å². The maximum absolute atomic E-state index is 13.1. The largest absolute Gasteiger partial charge is 0.482 e. The lowest BCUT2D eigenvalue weighted by atomic mass is 10.2. The zero-order valence-electron chi connectivity index (χ0n) is 18.3. The number of alkyl halides is 3. The average molecular weight is 524 g/mol. The lowest BCUT2D eigenvalue weighted by molar-refractivity contribution is -0.153. The molecule has 3 saturated heterocycles. The van der Waals surface area contributed by atoms with Crippen LogP contribution in [0.1, 0.15) is 19.8 Å². The molecule has 1 aromatic carbocycles. The Bertz CT molecular complexity index is 1080. The van der Waals surface area contributed by atoms with E-state index in [4.69, 9.17) is 9.47 Å². The number of benzene rings is 1. The van der Waals surface area contributed by atoms with E-state index in [1.807, 2.05) is 6.92 Å². The summed E-state index contributed by atoms with van der Waals surface area (Å²) in [6.07, 6.45) is -3.74. The zero-order valence-corrected chi connectivity index (χ0v) is 19.9. The molecule has 2 amide bonds. The van der Waals surface area contributed by atoms with Crippen molar-refractivity contribution in [2.45, 2.75) is 41.7 Å². The predicted molar refractivity (Wildman–Crippen MR) is 117 cm³/mol. The third kappa shape index (κ3) is 4.99. The Morgan fingerprint density at radius 1 is 1.32 bits per heavy atom. The zero-order chi connectivity index (χ0) is 24.7. The van der Waals surface area contributed by atoms with E-state index < -0.39 is 39.6 Å². The molecule has 1 aromatic rings. The number of fused-ring (bicyclic) bond motifs is 1. The number of morpholine rings is 1. The van der Waals surface area contributed by atoms with Crippen LogP contribution in [0.4, 0.5) is 18.9 Å². The van der Waals surface area contributed by atoms with E-state index in [2.05, 4.69) is 5.32 Å². The lowest BCUT2D eigenvalue weighted by Gasteiger charge is -2.30. The molecular weight excluding hydrogens is 499 g/mol. The molecule has 3 fully saturated rings. The van der Waals surface area contributed by atoms with E-state index in [1.54, 1.807) is 0 Å². The highest BCUT2D eigenvalue weighted by molar-refractivity contribution is 8.01. The Balaban J connectivity index is 1.62. The van der Waals surface area contributed by atoms with Crippen molar-refractivity contribution >= 4 is 39.3 Å². The van der Waals surface area contributed by atoms with Gasteiger partial charge in [-0.3, -0.25) is 9.59 Å². The van der Waals surface area contributed by atoms with E-state index in [0.717, 1.165) is 18.2 Å². The van der Waals surface area contributed by atoms with Gasteiger partial charge in [-0.05, 0) is 31.5 Å². The summed E-state index contributed by atoms with van der Waals surface area (Å²) in [4.78, 5) is 26.2. The topological polar surface area (TPSA) is 105 Å². The van der Waals surface area contributed by atoms with Gasteiger partial charge in [0.2, 0.25) is 21.8 Å². The van der Waals surface area contributed by atoms with Gasteiger partial charge in [-0.15, -0.1) is 11.8 Å².